The zero-order valence-corrected chi connectivity index (χ0v) is 11.2. The van der Waals surface area contributed by atoms with Crippen LogP contribution in [0.3, 0.4) is 0 Å². The quantitative estimate of drug-likeness (QED) is 0.720. The van der Waals surface area contributed by atoms with Crippen LogP contribution in [0.25, 0.3) is 0 Å². The van der Waals surface area contributed by atoms with Gasteiger partial charge < -0.3 is 10.1 Å². The van der Waals surface area contributed by atoms with Crippen molar-refractivity contribution in [1.29, 1.82) is 0 Å². The van der Waals surface area contributed by atoms with Crippen LogP contribution >= 0.6 is 0 Å². The van der Waals surface area contributed by atoms with Gasteiger partial charge >= 0.3 is 0 Å². The second kappa shape index (κ2) is 7.25. The molecule has 3 heteroatoms. The first kappa shape index (κ1) is 13.9. The highest BCUT2D eigenvalue weighted by molar-refractivity contribution is 4.84. The Morgan fingerprint density at radius 1 is 1.06 bits per heavy atom. The van der Waals surface area contributed by atoms with Crippen molar-refractivity contribution < 1.29 is 4.74 Å². The van der Waals surface area contributed by atoms with Crippen LogP contribution in [0, 0.1) is 0 Å². The first-order valence-electron chi connectivity index (χ1n) is 6.81. The van der Waals surface area contributed by atoms with Gasteiger partial charge in [-0.1, -0.05) is 20.8 Å². The minimum atomic E-state index is 0.367. The molecular weight excluding hydrogens is 200 g/mol. The number of ether oxygens (including phenoxy) is 1. The average Bonchev–Trinajstić information content (AvgIpc) is 2.37. The lowest BCUT2D eigenvalue weighted by atomic mass is 9.90. The molecule has 96 valence electrons. The van der Waals surface area contributed by atoms with Gasteiger partial charge in [0.2, 0.25) is 0 Å². The highest BCUT2D eigenvalue weighted by Gasteiger charge is 2.22. The van der Waals surface area contributed by atoms with E-state index in [-0.39, 0.29) is 0 Å². The Morgan fingerprint density at radius 3 is 2.12 bits per heavy atom. The Labute approximate surface area is 101 Å². The molecule has 1 aliphatic rings. The minimum Gasteiger partial charge on any atom is -0.379 e. The summed E-state index contributed by atoms with van der Waals surface area (Å²) in [5.74, 6) is 0. The molecule has 0 unspecified atom stereocenters. The highest BCUT2D eigenvalue weighted by atomic mass is 16.5. The van der Waals surface area contributed by atoms with Crippen molar-refractivity contribution in [3.63, 3.8) is 0 Å². The second-order valence-corrected chi connectivity index (χ2v) is 4.72. The molecule has 1 rings (SSSR count). The normalized spacial score (nSPS) is 18.9. The topological polar surface area (TPSA) is 24.5 Å². The van der Waals surface area contributed by atoms with E-state index in [1.54, 1.807) is 0 Å². The summed E-state index contributed by atoms with van der Waals surface area (Å²) in [5, 5.41) is 3.75. The van der Waals surface area contributed by atoms with Gasteiger partial charge in [0.25, 0.3) is 0 Å². The van der Waals surface area contributed by atoms with Gasteiger partial charge in [0.05, 0.1) is 13.2 Å². The van der Waals surface area contributed by atoms with Crippen LogP contribution in [0.15, 0.2) is 0 Å². The molecule has 0 saturated carbocycles. The minimum absolute atomic E-state index is 0.367. The fraction of sp³-hybridized carbons (Fsp3) is 1.00. The molecule has 0 spiro atoms. The van der Waals surface area contributed by atoms with E-state index in [0.29, 0.717) is 5.54 Å². The maximum absolute atomic E-state index is 5.35. The van der Waals surface area contributed by atoms with Gasteiger partial charge in [0, 0.05) is 31.7 Å². The fourth-order valence-electron chi connectivity index (χ4n) is 2.43. The number of morpholine rings is 1. The first-order chi connectivity index (χ1) is 7.76. The number of nitrogens with zero attached hydrogens (tertiary/aromatic N) is 1. The molecule has 0 aliphatic carbocycles. The van der Waals surface area contributed by atoms with Gasteiger partial charge in [-0.3, -0.25) is 4.90 Å². The standard InChI is InChI=1S/C13H28N2O/c1-4-13(5-2,6-3)14-7-8-15-9-11-16-12-10-15/h14H,4-12H2,1-3H3. The first-order valence-corrected chi connectivity index (χ1v) is 6.81. The summed E-state index contributed by atoms with van der Waals surface area (Å²) in [6, 6.07) is 0. The summed E-state index contributed by atoms with van der Waals surface area (Å²) in [7, 11) is 0. The van der Waals surface area contributed by atoms with Crippen molar-refractivity contribution >= 4 is 0 Å². The molecule has 0 aromatic rings. The predicted octanol–water partition coefficient (Wildman–Crippen LogP) is 1.88. The van der Waals surface area contributed by atoms with E-state index < -0.39 is 0 Å². The molecule has 1 N–H and O–H groups in total. The smallest absolute Gasteiger partial charge is 0.0594 e. The molecule has 0 atom stereocenters. The lowest BCUT2D eigenvalue weighted by Crippen LogP contribution is -2.48. The number of rotatable bonds is 7. The van der Waals surface area contributed by atoms with E-state index in [0.717, 1.165) is 39.4 Å². The third kappa shape index (κ3) is 4.04. The molecule has 1 fully saturated rings. The molecule has 3 nitrogen and oxygen atoms in total. The lowest BCUT2D eigenvalue weighted by Gasteiger charge is -2.34. The molecule has 0 bridgehead atoms. The molecule has 1 heterocycles. The van der Waals surface area contributed by atoms with Crippen LogP contribution in [0.5, 0.6) is 0 Å². The maximum atomic E-state index is 5.35. The van der Waals surface area contributed by atoms with E-state index in [1.165, 1.54) is 19.3 Å². The average molecular weight is 228 g/mol. The van der Waals surface area contributed by atoms with Crippen LogP contribution in [0.4, 0.5) is 0 Å². The van der Waals surface area contributed by atoms with Crippen molar-refractivity contribution in [2.24, 2.45) is 0 Å². The monoisotopic (exact) mass is 228 g/mol. The third-order valence-corrected chi connectivity index (χ3v) is 4.06. The third-order valence-electron chi connectivity index (χ3n) is 4.06. The summed E-state index contributed by atoms with van der Waals surface area (Å²) >= 11 is 0. The molecule has 1 aliphatic heterocycles. The van der Waals surface area contributed by atoms with Crippen molar-refractivity contribution in [1.82, 2.24) is 10.2 Å². The van der Waals surface area contributed by atoms with Crippen LogP contribution in [-0.2, 0) is 4.74 Å². The Morgan fingerprint density at radius 2 is 1.62 bits per heavy atom. The Kier molecular flexibility index (Phi) is 6.32. The highest BCUT2D eigenvalue weighted by Crippen LogP contribution is 2.18. The van der Waals surface area contributed by atoms with E-state index in [1.807, 2.05) is 0 Å². The molecule has 0 amide bonds. The summed E-state index contributed by atoms with van der Waals surface area (Å²) in [6.07, 6.45) is 3.68. The molecule has 0 radical (unpaired) electrons. The predicted molar refractivity (Wildman–Crippen MR) is 68.9 cm³/mol. The Balaban J connectivity index is 2.21. The SMILES string of the molecule is CCC(CC)(CC)NCCN1CCOCC1. The molecule has 0 aromatic carbocycles. The van der Waals surface area contributed by atoms with Crippen LogP contribution in [0.1, 0.15) is 40.0 Å². The zero-order chi connectivity index (χ0) is 11.9. The van der Waals surface area contributed by atoms with Crippen molar-refractivity contribution in [3.8, 4) is 0 Å². The maximum Gasteiger partial charge on any atom is 0.0594 e. The van der Waals surface area contributed by atoms with Crippen LogP contribution < -0.4 is 5.32 Å². The van der Waals surface area contributed by atoms with E-state index in [2.05, 4.69) is 31.0 Å². The van der Waals surface area contributed by atoms with Crippen molar-refractivity contribution in [2.45, 2.75) is 45.6 Å². The van der Waals surface area contributed by atoms with E-state index >= 15 is 0 Å². The van der Waals surface area contributed by atoms with E-state index in [4.69, 9.17) is 4.74 Å². The van der Waals surface area contributed by atoms with Crippen molar-refractivity contribution in [2.75, 3.05) is 39.4 Å². The largest absolute Gasteiger partial charge is 0.379 e. The van der Waals surface area contributed by atoms with Gasteiger partial charge in [0.1, 0.15) is 0 Å². The molecule has 0 aromatic heterocycles. The number of hydrogen-bond acceptors (Lipinski definition) is 3. The molecule has 16 heavy (non-hydrogen) atoms. The summed E-state index contributed by atoms with van der Waals surface area (Å²) in [6.45, 7) is 13.1. The Hall–Kier alpha value is -0.120. The second-order valence-electron chi connectivity index (χ2n) is 4.72. The number of nitrogens with one attached hydrogen (secondary N) is 1. The van der Waals surface area contributed by atoms with Gasteiger partial charge in [-0.05, 0) is 19.3 Å². The Bertz CT molecular complexity index is 167. The van der Waals surface area contributed by atoms with Gasteiger partial charge in [-0.15, -0.1) is 0 Å². The number of hydrogen-bond donors (Lipinski definition) is 1. The van der Waals surface area contributed by atoms with Gasteiger partial charge in [0.15, 0.2) is 0 Å². The summed E-state index contributed by atoms with van der Waals surface area (Å²) in [4.78, 5) is 2.49. The molecule has 1 saturated heterocycles. The fourth-order valence-corrected chi connectivity index (χ4v) is 2.43. The van der Waals surface area contributed by atoms with Gasteiger partial charge in [-0.25, -0.2) is 0 Å². The van der Waals surface area contributed by atoms with E-state index in [9.17, 15) is 0 Å². The zero-order valence-electron chi connectivity index (χ0n) is 11.2. The molecular formula is C13H28N2O. The van der Waals surface area contributed by atoms with Crippen LogP contribution in [-0.4, -0.2) is 49.8 Å². The lowest BCUT2D eigenvalue weighted by molar-refractivity contribution is 0.0372. The van der Waals surface area contributed by atoms with Gasteiger partial charge in [-0.2, -0.15) is 0 Å². The van der Waals surface area contributed by atoms with Crippen molar-refractivity contribution in [3.05, 3.63) is 0 Å². The van der Waals surface area contributed by atoms with Crippen LogP contribution in [0.2, 0.25) is 0 Å². The summed E-state index contributed by atoms with van der Waals surface area (Å²) < 4.78 is 5.35. The summed E-state index contributed by atoms with van der Waals surface area (Å²) in [5.41, 5.74) is 0.367.